The zero-order chi connectivity index (χ0) is 35.0. The molecule has 0 radical (unpaired) electrons. The van der Waals surface area contributed by atoms with E-state index in [0.717, 1.165) is 21.9 Å². The van der Waals surface area contributed by atoms with Crippen LogP contribution in [-0.2, 0) is 0 Å². The summed E-state index contributed by atoms with van der Waals surface area (Å²) < 4.78 is 6.68. The first-order valence-electron chi connectivity index (χ1n) is 18.2. The highest BCUT2D eigenvalue weighted by Gasteiger charge is 2.22. The van der Waals surface area contributed by atoms with Crippen LogP contribution in [0.15, 0.2) is 180 Å². The molecule has 0 saturated carbocycles. The minimum Gasteiger partial charge on any atom is -0.456 e. The standard InChI is InChI=1S/C51H32OS/c1-31-26-29-46(53-31)51-40-22-11-9-20-38(40)49(39-21-10-12-23-41(39)51)42-24-13-25-45-50(42)43-30-33(27-28-44(43)52-45)48-36-18-7-5-16-34(36)47(32-14-3-2-4-15-32)35-17-6-8-19-37(35)48/h2-30H,1H3. The largest absolute Gasteiger partial charge is 0.456 e. The summed E-state index contributed by atoms with van der Waals surface area (Å²) in [5, 5.41) is 12.3. The third-order valence-electron chi connectivity index (χ3n) is 11.0. The topological polar surface area (TPSA) is 13.1 Å². The molecule has 0 fully saturated rings. The lowest BCUT2D eigenvalue weighted by Crippen LogP contribution is -1.91. The van der Waals surface area contributed by atoms with Crippen LogP contribution in [0.25, 0.3) is 109 Å². The number of furan rings is 1. The van der Waals surface area contributed by atoms with E-state index < -0.39 is 0 Å². The van der Waals surface area contributed by atoms with Crippen molar-refractivity contribution in [1.82, 2.24) is 0 Å². The molecular formula is C51H32OS. The van der Waals surface area contributed by atoms with Gasteiger partial charge in [-0.1, -0.05) is 146 Å². The minimum absolute atomic E-state index is 0.894. The predicted octanol–water partition coefficient (Wildman–Crippen LogP) is 15.2. The average Bonchev–Trinajstić information content (AvgIpc) is 3.82. The van der Waals surface area contributed by atoms with Gasteiger partial charge in [-0.2, -0.15) is 0 Å². The van der Waals surface area contributed by atoms with Crippen LogP contribution in [0.2, 0.25) is 0 Å². The number of aryl methyl sites for hydroxylation is 1. The van der Waals surface area contributed by atoms with Gasteiger partial charge in [-0.05, 0) is 114 Å². The van der Waals surface area contributed by atoms with Crippen molar-refractivity contribution in [3.63, 3.8) is 0 Å². The quantitative estimate of drug-likeness (QED) is 0.167. The van der Waals surface area contributed by atoms with Crippen LogP contribution < -0.4 is 0 Å². The van der Waals surface area contributed by atoms with Gasteiger partial charge in [0.25, 0.3) is 0 Å². The highest BCUT2D eigenvalue weighted by Crippen LogP contribution is 2.49. The van der Waals surface area contributed by atoms with Gasteiger partial charge in [0, 0.05) is 26.1 Å². The van der Waals surface area contributed by atoms with Gasteiger partial charge in [-0.15, -0.1) is 11.3 Å². The number of benzene rings is 9. The lowest BCUT2D eigenvalue weighted by Gasteiger charge is -2.18. The summed E-state index contributed by atoms with van der Waals surface area (Å²) >= 11 is 1.86. The lowest BCUT2D eigenvalue weighted by molar-refractivity contribution is 0.669. The number of hydrogen-bond donors (Lipinski definition) is 0. The van der Waals surface area contributed by atoms with E-state index in [1.807, 2.05) is 11.3 Å². The Balaban J connectivity index is 1.23. The van der Waals surface area contributed by atoms with Crippen molar-refractivity contribution in [1.29, 1.82) is 0 Å². The molecule has 0 aliphatic rings. The van der Waals surface area contributed by atoms with E-state index in [1.54, 1.807) is 0 Å². The lowest BCUT2D eigenvalue weighted by atomic mass is 9.85. The van der Waals surface area contributed by atoms with Gasteiger partial charge >= 0.3 is 0 Å². The predicted molar refractivity (Wildman–Crippen MR) is 228 cm³/mol. The third kappa shape index (κ3) is 4.56. The van der Waals surface area contributed by atoms with Crippen molar-refractivity contribution >= 4 is 76.4 Å². The number of rotatable bonds is 4. The second kappa shape index (κ2) is 11.8. The van der Waals surface area contributed by atoms with E-state index in [4.69, 9.17) is 4.42 Å². The van der Waals surface area contributed by atoms with Crippen molar-refractivity contribution in [2.75, 3.05) is 0 Å². The molecule has 0 spiro atoms. The van der Waals surface area contributed by atoms with Crippen LogP contribution in [0.4, 0.5) is 0 Å². The second-order valence-electron chi connectivity index (χ2n) is 14.0. The Kier molecular flexibility index (Phi) is 6.71. The molecule has 2 aromatic heterocycles. The first kappa shape index (κ1) is 30.2. The monoisotopic (exact) mass is 692 g/mol. The van der Waals surface area contributed by atoms with Crippen LogP contribution in [0.3, 0.4) is 0 Å². The first-order chi connectivity index (χ1) is 26.2. The van der Waals surface area contributed by atoms with E-state index in [1.165, 1.54) is 91.8 Å². The smallest absolute Gasteiger partial charge is 0.136 e. The van der Waals surface area contributed by atoms with Gasteiger partial charge < -0.3 is 4.42 Å². The van der Waals surface area contributed by atoms with E-state index in [-0.39, 0.29) is 0 Å². The molecule has 0 saturated heterocycles. The molecule has 1 nitrogen and oxygen atoms in total. The summed E-state index contributed by atoms with van der Waals surface area (Å²) in [5.74, 6) is 0. The molecule has 9 aromatic carbocycles. The van der Waals surface area contributed by atoms with Crippen LogP contribution in [0, 0.1) is 6.92 Å². The molecule has 0 N–H and O–H groups in total. The van der Waals surface area contributed by atoms with E-state index >= 15 is 0 Å². The average molecular weight is 693 g/mol. The molecule has 11 aromatic rings. The molecule has 248 valence electrons. The fourth-order valence-corrected chi connectivity index (χ4v) is 9.74. The Hall–Kier alpha value is -6.48. The fraction of sp³-hybridized carbons (Fsp3) is 0.0196. The van der Waals surface area contributed by atoms with Crippen molar-refractivity contribution < 1.29 is 4.42 Å². The summed E-state index contributed by atoms with van der Waals surface area (Å²) in [6, 6.07) is 64.2. The second-order valence-corrected chi connectivity index (χ2v) is 15.2. The van der Waals surface area contributed by atoms with E-state index in [9.17, 15) is 0 Å². The maximum Gasteiger partial charge on any atom is 0.136 e. The molecule has 0 bridgehead atoms. The summed E-state index contributed by atoms with van der Waals surface area (Å²) in [4.78, 5) is 2.62. The molecule has 11 rings (SSSR count). The molecule has 0 unspecified atom stereocenters. The molecule has 0 aliphatic heterocycles. The Labute approximate surface area is 311 Å². The van der Waals surface area contributed by atoms with Gasteiger partial charge in [0.2, 0.25) is 0 Å². The third-order valence-corrected chi connectivity index (χ3v) is 12.0. The Morgan fingerprint density at radius 2 is 0.868 bits per heavy atom. The SMILES string of the molecule is Cc1ccc(-c2c3ccccc3c(-c3cccc4oc5ccc(-c6c7ccccc7c(-c7ccccc7)c7ccccc67)cc5c34)c3ccccc23)s1. The molecule has 53 heavy (non-hydrogen) atoms. The molecular weight excluding hydrogens is 661 g/mol. The molecule has 0 atom stereocenters. The van der Waals surface area contributed by atoms with Crippen LogP contribution in [-0.4, -0.2) is 0 Å². The Morgan fingerprint density at radius 3 is 1.42 bits per heavy atom. The summed E-state index contributed by atoms with van der Waals surface area (Å²) in [6.07, 6.45) is 0. The van der Waals surface area contributed by atoms with Crippen molar-refractivity contribution in [2.45, 2.75) is 6.92 Å². The number of hydrogen-bond acceptors (Lipinski definition) is 2. The highest BCUT2D eigenvalue weighted by molar-refractivity contribution is 7.15. The molecule has 0 aliphatic carbocycles. The Morgan fingerprint density at radius 1 is 0.358 bits per heavy atom. The summed E-state index contributed by atoms with van der Waals surface area (Å²) in [6.45, 7) is 2.19. The zero-order valence-corrected chi connectivity index (χ0v) is 29.9. The zero-order valence-electron chi connectivity index (χ0n) is 29.1. The van der Waals surface area contributed by atoms with Crippen molar-refractivity contribution in [2.24, 2.45) is 0 Å². The minimum atomic E-state index is 0.894. The van der Waals surface area contributed by atoms with Crippen LogP contribution >= 0.6 is 11.3 Å². The normalized spacial score (nSPS) is 11.9. The number of fused-ring (bicyclic) bond motifs is 7. The maximum atomic E-state index is 6.68. The van der Waals surface area contributed by atoms with Gasteiger partial charge in [0.15, 0.2) is 0 Å². The highest BCUT2D eigenvalue weighted by atomic mass is 32.1. The first-order valence-corrected chi connectivity index (χ1v) is 19.0. The van der Waals surface area contributed by atoms with Gasteiger partial charge in [-0.25, -0.2) is 0 Å². The van der Waals surface area contributed by atoms with Gasteiger partial charge in [-0.3, -0.25) is 0 Å². The van der Waals surface area contributed by atoms with Crippen molar-refractivity contribution in [3.05, 3.63) is 181 Å². The van der Waals surface area contributed by atoms with Gasteiger partial charge in [0.05, 0.1) is 0 Å². The Bertz CT molecular complexity index is 3120. The van der Waals surface area contributed by atoms with Crippen molar-refractivity contribution in [3.8, 4) is 43.8 Å². The number of thiophene rings is 1. The molecule has 0 amide bonds. The van der Waals surface area contributed by atoms with Crippen LogP contribution in [0.5, 0.6) is 0 Å². The van der Waals surface area contributed by atoms with Crippen LogP contribution in [0.1, 0.15) is 4.88 Å². The van der Waals surface area contributed by atoms with E-state index in [0.29, 0.717) is 0 Å². The summed E-state index contributed by atoms with van der Waals surface area (Å²) in [7, 11) is 0. The van der Waals surface area contributed by atoms with E-state index in [2.05, 4.69) is 183 Å². The summed E-state index contributed by atoms with van der Waals surface area (Å²) in [5.41, 5.74) is 10.5. The fourth-order valence-electron chi connectivity index (χ4n) is 8.80. The maximum absolute atomic E-state index is 6.68. The molecule has 2 heterocycles. The van der Waals surface area contributed by atoms with Gasteiger partial charge in [0.1, 0.15) is 11.2 Å². The molecule has 2 heteroatoms.